The summed E-state index contributed by atoms with van der Waals surface area (Å²) >= 11 is 0. The third-order valence-corrected chi connectivity index (χ3v) is 4.80. The average molecular weight is 332 g/mol. The number of nitrogens with two attached hydrogens (primary N) is 1. The zero-order valence-electron chi connectivity index (χ0n) is 15.2. The molecular formula is C19H33N5. The number of unbranched alkanes of at least 4 members (excludes halogenated alkanes) is 1. The first-order valence-electron chi connectivity index (χ1n) is 9.24. The first-order chi connectivity index (χ1) is 11.7. The summed E-state index contributed by atoms with van der Waals surface area (Å²) in [5, 5.41) is 3.24. The number of nitrogens with zero attached hydrogens (tertiary/aromatic N) is 3. The van der Waals surface area contributed by atoms with Crippen molar-refractivity contribution < 1.29 is 0 Å². The summed E-state index contributed by atoms with van der Waals surface area (Å²) in [6.45, 7) is 7.30. The molecule has 0 aromatic heterocycles. The molecule has 3 N–H and O–H groups in total. The first kappa shape index (κ1) is 18.6. The number of para-hydroxylation sites is 1. The van der Waals surface area contributed by atoms with Crippen LogP contribution in [-0.2, 0) is 0 Å². The van der Waals surface area contributed by atoms with Gasteiger partial charge < -0.3 is 16.0 Å². The molecule has 0 amide bonds. The van der Waals surface area contributed by atoms with Gasteiger partial charge in [0.2, 0.25) is 0 Å². The molecule has 1 aliphatic heterocycles. The van der Waals surface area contributed by atoms with E-state index in [1.807, 2.05) is 0 Å². The third kappa shape index (κ3) is 6.04. The van der Waals surface area contributed by atoms with Crippen LogP contribution in [0.5, 0.6) is 0 Å². The van der Waals surface area contributed by atoms with E-state index in [0.29, 0.717) is 12.0 Å². The minimum atomic E-state index is 0.579. The molecule has 134 valence electrons. The second kappa shape index (κ2) is 10.2. The maximum Gasteiger partial charge on any atom is 0.188 e. The Morgan fingerprint density at radius 1 is 1.33 bits per heavy atom. The normalized spacial score (nSPS) is 18.8. The van der Waals surface area contributed by atoms with Crippen molar-refractivity contribution in [3.8, 4) is 0 Å². The van der Waals surface area contributed by atoms with E-state index in [0.717, 1.165) is 39.0 Å². The van der Waals surface area contributed by atoms with Gasteiger partial charge in [0.25, 0.3) is 0 Å². The Morgan fingerprint density at radius 2 is 2.12 bits per heavy atom. The number of aliphatic imine (C=N–C) groups is 1. The molecule has 0 spiro atoms. The molecule has 24 heavy (non-hydrogen) atoms. The van der Waals surface area contributed by atoms with Crippen molar-refractivity contribution in [2.45, 2.75) is 38.6 Å². The van der Waals surface area contributed by atoms with Gasteiger partial charge in [0.1, 0.15) is 0 Å². The Balaban J connectivity index is 1.57. The molecule has 0 bridgehead atoms. The van der Waals surface area contributed by atoms with Crippen LogP contribution in [0.25, 0.3) is 0 Å². The van der Waals surface area contributed by atoms with Crippen molar-refractivity contribution in [1.82, 2.24) is 10.2 Å². The van der Waals surface area contributed by atoms with Crippen molar-refractivity contribution in [3.63, 3.8) is 0 Å². The molecule has 5 nitrogen and oxygen atoms in total. The number of hydrogen-bond acceptors (Lipinski definition) is 3. The van der Waals surface area contributed by atoms with Gasteiger partial charge >= 0.3 is 0 Å². The van der Waals surface area contributed by atoms with Crippen LogP contribution in [0, 0.1) is 0 Å². The van der Waals surface area contributed by atoms with E-state index >= 15 is 0 Å². The molecule has 2 rings (SSSR count). The smallest absolute Gasteiger partial charge is 0.188 e. The molecule has 0 saturated carbocycles. The number of nitrogens with one attached hydrogen (secondary N) is 1. The number of likely N-dealkylation sites (N-methyl/N-ethyl adjacent to an activating group) is 1. The highest BCUT2D eigenvalue weighted by molar-refractivity contribution is 5.77. The summed E-state index contributed by atoms with van der Waals surface area (Å²) in [4.78, 5) is 9.30. The van der Waals surface area contributed by atoms with Crippen LogP contribution in [0.2, 0.25) is 0 Å². The van der Waals surface area contributed by atoms with Gasteiger partial charge in [-0.15, -0.1) is 0 Å². The zero-order chi connectivity index (χ0) is 17.2. The van der Waals surface area contributed by atoms with Gasteiger partial charge in [0.15, 0.2) is 5.96 Å². The van der Waals surface area contributed by atoms with E-state index in [2.05, 4.69) is 64.4 Å². The van der Waals surface area contributed by atoms with Crippen LogP contribution in [0.3, 0.4) is 0 Å². The second-order valence-electron chi connectivity index (χ2n) is 6.54. The lowest BCUT2D eigenvalue weighted by Crippen LogP contribution is -2.36. The van der Waals surface area contributed by atoms with Gasteiger partial charge in [0.05, 0.1) is 6.54 Å². The zero-order valence-corrected chi connectivity index (χ0v) is 15.2. The molecule has 1 atom stereocenters. The topological polar surface area (TPSA) is 56.9 Å². The molecule has 1 aromatic carbocycles. The Labute approximate surface area is 146 Å². The molecule has 1 saturated heterocycles. The van der Waals surface area contributed by atoms with E-state index in [1.165, 1.54) is 25.1 Å². The van der Waals surface area contributed by atoms with Crippen LogP contribution in [-0.4, -0.2) is 56.7 Å². The van der Waals surface area contributed by atoms with Crippen LogP contribution in [0.4, 0.5) is 5.69 Å². The molecule has 1 heterocycles. The summed E-state index contributed by atoms with van der Waals surface area (Å²) in [5.74, 6) is 0.592. The monoisotopic (exact) mass is 331 g/mol. The fraction of sp³-hybridized carbons (Fsp3) is 0.632. The summed E-state index contributed by atoms with van der Waals surface area (Å²) in [6.07, 6.45) is 4.77. The lowest BCUT2D eigenvalue weighted by molar-refractivity contribution is 0.273. The summed E-state index contributed by atoms with van der Waals surface area (Å²) in [7, 11) is 2.14. The van der Waals surface area contributed by atoms with Crippen LogP contribution in [0.15, 0.2) is 35.3 Å². The lowest BCUT2D eigenvalue weighted by Gasteiger charge is -2.21. The van der Waals surface area contributed by atoms with Crippen molar-refractivity contribution in [2.24, 2.45) is 10.7 Å². The van der Waals surface area contributed by atoms with Gasteiger partial charge in [-0.05, 0) is 50.9 Å². The Morgan fingerprint density at radius 3 is 2.88 bits per heavy atom. The predicted octanol–water partition coefficient (Wildman–Crippen LogP) is 2.29. The van der Waals surface area contributed by atoms with E-state index in [-0.39, 0.29) is 0 Å². The molecule has 1 fully saturated rings. The highest BCUT2D eigenvalue weighted by Gasteiger charge is 2.22. The number of rotatable bonds is 9. The van der Waals surface area contributed by atoms with Crippen LogP contribution >= 0.6 is 0 Å². The number of anilines is 1. The van der Waals surface area contributed by atoms with Gasteiger partial charge in [-0.2, -0.15) is 0 Å². The minimum Gasteiger partial charge on any atom is -0.375 e. The highest BCUT2D eigenvalue weighted by Crippen LogP contribution is 2.16. The van der Waals surface area contributed by atoms with Gasteiger partial charge in [-0.3, -0.25) is 9.89 Å². The van der Waals surface area contributed by atoms with Gasteiger partial charge in [0, 0.05) is 31.9 Å². The lowest BCUT2D eigenvalue weighted by atomic mass is 10.2. The Bertz CT molecular complexity index is 488. The summed E-state index contributed by atoms with van der Waals surface area (Å²) in [5.41, 5.74) is 7.25. The number of benzene rings is 1. The number of hydrogen-bond donors (Lipinski definition) is 2. The summed E-state index contributed by atoms with van der Waals surface area (Å²) < 4.78 is 0. The molecule has 0 radical (unpaired) electrons. The Hall–Kier alpha value is -1.75. The van der Waals surface area contributed by atoms with Crippen molar-refractivity contribution >= 4 is 11.6 Å². The standard InChI is InChI=1S/C19H33N5/c1-3-24-15-9-12-18(24)16-22-19(20)21-13-7-8-14-23(2)17-10-5-4-6-11-17/h4-6,10-11,18H,3,7-9,12-16H2,1-2H3,(H3,20,21,22). The van der Waals surface area contributed by atoms with E-state index < -0.39 is 0 Å². The quantitative estimate of drug-likeness (QED) is 0.414. The van der Waals surface area contributed by atoms with E-state index in [4.69, 9.17) is 5.73 Å². The first-order valence-corrected chi connectivity index (χ1v) is 9.24. The maximum absolute atomic E-state index is 5.98. The van der Waals surface area contributed by atoms with Gasteiger partial charge in [-0.1, -0.05) is 25.1 Å². The molecule has 5 heteroatoms. The molecule has 1 aromatic rings. The SMILES string of the molecule is CCN1CCCC1CN=C(N)NCCCCN(C)c1ccccc1. The third-order valence-electron chi connectivity index (χ3n) is 4.80. The molecule has 0 aliphatic carbocycles. The Kier molecular flexibility index (Phi) is 7.89. The van der Waals surface area contributed by atoms with Crippen molar-refractivity contribution in [1.29, 1.82) is 0 Å². The second-order valence-corrected chi connectivity index (χ2v) is 6.54. The summed E-state index contributed by atoms with van der Waals surface area (Å²) in [6, 6.07) is 11.1. The van der Waals surface area contributed by atoms with Crippen LogP contribution < -0.4 is 16.0 Å². The fourth-order valence-electron chi connectivity index (χ4n) is 3.28. The van der Waals surface area contributed by atoms with E-state index in [9.17, 15) is 0 Å². The number of guanidine groups is 1. The highest BCUT2D eigenvalue weighted by atomic mass is 15.2. The van der Waals surface area contributed by atoms with Crippen molar-refractivity contribution in [2.75, 3.05) is 44.7 Å². The van der Waals surface area contributed by atoms with E-state index in [1.54, 1.807) is 0 Å². The maximum atomic E-state index is 5.98. The average Bonchev–Trinajstić information content (AvgIpc) is 3.07. The largest absolute Gasteiger partial charge is 0.375 e. The number of likely N-dealkylation sites (tertiary alicyclic amines) is 1. The van der Waals surface area contributed by atoms with Crippen molar-refractivity contribution in [3.05, 3.63) is 30.3 Å². The fourth-order valence-corrected chi connectivity index (χ4v) is 3.28. The minimum absolute atomic E-state index is 0.579. The predicted molar refractivity (Wildman–Crippen MR) is 104 cm³/mol. The molecule has 1 unspecified atom stereocenters. The molecular weight excluding hydrogens is 298 g/mol. The van der Waals surface area contributed by atoms with Crippen LogP contribution in [0.1, 0.15) is 32.6 Å². The van der Waals surface area contributed by atoms with Gasteiger partial charge in [-0.25, -0.2) is 0 Å². The molecule has 1 aliphatic rings.